The number of nitrogens with zero attached hydrogens (tertiary/aromatic N) is 2. The number of esters is 2. The summed E-state index contributed by atoms with van der Waals surface area (Å²) in [6.45, 7) is 3.71. The van der Waals surface area contributed by atoms with Gasteiger partial charge in [0.2, 0.25) is 5.76 Å². The van der Waals surface area contributed by atoms with Crippen molar-refractivity contribution in [3.63, 3.8) is 0 Å². The van der Waals surface area contributed by atoms with E-state index >= 15 is 0 Å². The second-order valence-corrected chi connectivity index (χ2v) is 8.72. The Hall–Kier alpha value is -4.05. The lowest BCUT2D eigenvalue weighted by molar-refractivity contribution is -0.123. The van der Waals surface area contributed by atoms with Gasteiger partial charge < -0.3 is 18.5 Å². The molecule has 9 nitrogen and oxygen atoms in total. The number of aryl methyl sites for hydroxylation is 1. The molecule has 180 valence electrons. The monoisotopic (exact) mass is 494 g/mol. The Labute approximate surface area is 205 Å². The van der Waals surface area contributed by atoms with Gasteiger partial charge in [0.25, 0.3) is 11.1 Å². The van der Waals surface area contributed by atoms with Crippen LogP contribution in [0.15, 0.2) is 51.8 Å². The van der Waals surface area contributed by atoms with Gasteiger partial charge in [0.05, 0.1) is 31.2 Å². The van der Waals surface area contributed by atoms with E-state index in [-0.39, 0.29) is 23.0 Å². The predicted molar refractivity (Wildman–Crippen MR) is 128 cm³/mol. The molecule has 3 heterocycles. The zero-order valence-electron chi connectivity index (χ0n) is 19.5. The summed E-state index contributed by atoms with van der Waals surface area (Å²) in [6.07, 6.45) is 1.68. The molecular weight excluding hydrogens is 472 g/mol. The van der Waals surface area contributed by atoms with Crippen molar-refractivity contribution in [2.24, 2.45) is 0 Å². The third-order valence-electron chi connectivity index (χ3n) is 5.52. The van der Waals surface area contributed by atoms with Crippen LogP contribution in [0.1, 0.15) is 43.6 Å². The van der Waals surface area contributed by atoms with Crippen molar-refractivity contribution < 1.29 is 33.1 Å². The Morgan fingerprint density at radius 1 is 1.03 bits per heavy atom. The maximum Gasteiger partial charge on any atom is 0.373 e. The first-order valence-electron chi connectivity index (χ1n) is 10.5. The van der Waals surface area contributed by atoms with E-state index in [0.717, 1.165) is 39.3 Å². The number of hydrogen-bond donors (Lipinski definition) is 0. The highest BCUT2D eigenvalue weighted by Gasteiger charge is 2.36. The van der Waals surface area contributed by atoms with Crippen LogP contribution in [0.5, 0.6) is 0 Å². The van der Waals surface area contributed by atoms with Crippen molar-refractivity contribution in [1.29, 1.82) is 0 Å². The highest BCUT2D eigenvalue weighted by Crippen LogP contribution is 2.35. The third kappa shape index (κ3) is 4.65. The van der Waals surface area contributed by atoms with E-state index in [4.69, 9.17) is 9.15 Å². The van der Waals surface area contributed by atoms with Gasteiger partial charge in [0.1, 0.15) is 5.76 Å². The van der Waals surface area contributed by atoms with Crippen LogP contribution in [0, 0.1) is 13.8 Å². The summed E-state index contributed by atoms with van der Waals surface area (Å²) in [7, 11) is 2.56. The lowest BCUT2D eigenvalue weighted by Crippen LogP contribution is -2.27. The summed E-state index contributed by atoms with van der Waals surface area (Å²) in [5.41, 5.74) is 3.69. The molecule has 1 aliphatic heterocycles. The van der Waals surface area contributed by atoms with Crippen LogP contribution in [0.25, 0.3) is 11.8 Å². The number of amides is 2. The largest absolute Gasteiger partial charge is 0.465 e. The van der Waals surface area contributed by atoms with Crippen molar-refractivity contribution in [2.45, 2.75) is 20.4 Å². The number of rotatable bonds is 6. The SMILES string of the molecule is COC(=O)c1cccc(-n2c(C)cc(/C=C3/SC(=O)N(Cc4ccc(C(=O)OC)o4)C3=O)c2C)c1. The van der Waals surface area contributed by atoms with Gasteiger partial charge in [0.15, 0.2) is 0 Å². The van der Waals surface area contributed by atoms with Crippen LogP contribution in [-0.4, -0.2) is 46.8 Å². The zero-order chi connectivity index (χ0) is 25.3. The van der Waals surface area contributed by atoms with Crippen molar-refractivity contribution in [2.75, 3.05) is 14.2 Å². The van der Waals surface area contributed by atoms with Gasteiger partial charge in [0, 0.05) is 17.1 Å². The number of ether oxygens (including phenoxy) is 2. The average molecular weight is 495 g/mol. The standard InChI is InChI=1S/C25H22N2O7S/c1-14-10-17(15(2)27(14)18-7-5-6-16(11-18)23(29)32-3)12-21-22(28)26(25(31)35-21)13-19-8-9-20(34-19)24(30)33-4/h5-12H,13H2,1-4H3/b21-12+. The zero-order valence-corrected chi connectivity index (χ0v) is 20.3. The molecule has 2 amide bonds. The number of methoxy groups -OCH3 is 2. The molecule has 0 bridgehead atoms. The van der Waals surface area contributed by atoms with E-state index < -0.39 is 23.1 Å². The van der Waals surface area contributed by atoms with Gasteiger partial charge in [-0.25, -0.2) is 9.59 Å². The first-order valence-corrected chi connectivity index (χ1v) is 11.3. The van der Waals surface area contributed by atoms with E-state index in [1.807, 2.05) is 30.5 Å². The number of furan rings is 1. The summed E-state index contributed by atoms with van der Waals surface area (Å²) in [5, 5.41) is -0.433. The van der Waals surface area contributed by atoms with Crippen LogP contribution < -0.4 is 0 Å². The van der Waals surface area contributed by atoms with E-state index in [9.17, 15) is 19.2 Å². The first kappa shape index (κ1) is 24.1. The number of benzene rings is 1. The molecule has 10 heteroatoms. The number of carbonyl (C=O) groups excluding carboxylic acids is 4. The fourth-order valence-electron chi connectivity index (χ4n) is 3.83. The second-order valence-electron chi connectivity index (χ2n) is 7.73. The molecule has 1 fully saturated rings. The normalized spacial score (nSPS) is 14.6. The molecule has 1 saturated heterocycles. The second kappa shape index (κ2) is 9.67. The predicted octanol–water partition coefficient (Wildman–Crippen LogP) is 4.50. The van der Waals surface area contributed by atoms with Crippen LogP contribution >= 0.6 is 11.8 Å². The fraction of sp³-hybridized carbons (Fsp3) is 0.200. The summed E-state index contributed by atoms with van der Waals surface area (Å²) in [4.78, 5) is 50.4. The lowest BCUT2D eigenvalue weighted by atomic mass is 10.2. The Morgan fingerprint density at radius 2 is 1.77 bits per heavy atom. The number of thioether (sulfide) groups is 1. The van der Waals surface area contributed by atoms with Crippen LogP contribution in [0.3, 0.4) is 0 Å². The van der Waals surface area contributed by atoms with Gasteiger partial charge in [-0.2, -0.15) is 0 Å². The minimum Gasteiger partial charge on any atom is -0.465 e. The minimum absolute atomic E-state index is 0.00581. The highest BCUT2D eigenvalue weighted by atomic mass is 32.2. The number of aromatic nitrogens is 1. The van der Waals surface area contributed by atoms with Gasteiger partial charge in [-0.15, -0.1) is 0 Å². The van der Waals surface area contributed by atoms with Gasteiger partial charge in [-0.1, -0.05) is 6.07 Å². The van der Waals surface area contributed by atoms with Crippen LogP contribution in [-0.2, 0) is 20.8 Å². The van der Waals surface area contributed by atoms with E-state index in [1.54, 1.807) is 24.3 Å². The molecule has 0 spiro atoms. The molecule has 0 saturated carbocycles. The molecule has 3 aromatic rings. The summed E-state index contributed by atoms with van der Waals surface area (Å²) in [5.74, 6) is -1.24. The molecule has 2 aromatic heterocycles. The molecular formula is C25H22N2O7S. The smallest absolute Gasteiger partial charge is 0.373 e. The molecule has 35 heavy (non-hydrogen) atoms. The number of imide groups is 1. The Bertz CT molecular complexity index is 1380. The molecule has 0 unspecified atom stereocenters. The molecule has 0 atom stereocenters. The van der Waals surface area contributed by atoms with Crippen molar-refractivity contribution in [3.05, 3.63) is 81.4 Å². The average Bonchev–Trinajstić information content (AvgIpc) is 3.51. The van der Waals surface area contributed by atoms with Gasteiger partial charge in [-0.3, -0.25) is 14.5 Å². The molecule has 4 rings (SSSR count). The first-order chi connectivity index (χ1) is 16.7. The van der Waals surface area contributed by atoms with Crippen LogP contribution in [0.4, 0.5) is 4.79 Å². The van der Waals surface area contributed by atoms with Crippen molar-refractivity contribution in [3.8, 4) is 5.69 Å². The number of carbonyl (C=O) groups is 4. The Morgan fingerprint density at radius 3 is 2.49 bits per heavy atom. The maximum atomic E-state index is 13.0. The molecule has 0 N–H and O–H groups in total. The Balaban J connectivity index is 1.59. The summed E-state index contributed by atoms with van der Waals surface area (Å²) < 4.78 is 16.8. The van der Waals surface area contributed by atoms with Crippen molar-refractivity contribution in [1.82, 2.24) is 9.47 Å². The summed E-state index contributed by atoms with van der Waals surface area (Å²) in [6, 6.07) is 11.9. The Kier molecular flexibility index (Phi) is 6.65. The van der Waals surface area contributed by atoms with Crippen molar-refractivity contribution >= 4 is 40.9 Å². The fourth-order valence-corrected chi connectivity index (χ4v) is 4.66. The summed E-state index contributed by atoms with van der Waals surface area (Å²) >= 11 is 0.837. The molecule has 0 aliphatic carbocycles. The highest BCUT2D eigenvalue weighted by molar-refractivity contribution is 8.18. The molecule has 1 aliphatic rings. The lowest BCUT2D eigenvalue weighted by Gasteiger charge is -2.11. The number of hydrogen-bond acceptors (Lipinski definition) is 8. The molecule has 0 radical (unpaired) electrons. The van der Waals surface area contributed by atoms with E-state index in [0.29, 0.717) is 5.56 Å². The molecule has 1 aromatic carbocycles. The quantitative estimate of drug-likeness (QED) is 0.364. The van der Waals surface area contributed by atoms with E-state index in [2.05, 4.69) is 4.74 Å². The minimum atomic E-state index is -0.641. The van der Waals surface area contributed by atoms with Gasteiger partial charge >= 0.3 is 11.9 Å². The third-order valence-corrected chi connectivity index (χ3v) is 6.43. The van der Waals surface area contributed by atoms with Crippen LogP contribution in [0.2, 0.25) is 0 Å². The topological polar surface area (TPSA) is 108 Å². The van der Waals surface area contributed by atoms with Gasteiger partial charge in [-0.05, 0) is 73.6 Å². The van der Waals surface area contributed by atoms with E-state index in [1.165, 1.54) is 26.4 Å². The maximum absolute atomic E-state index is 13.0.